The zero-order valence-corrected chi connectivity index (χ0v) is 13.8. The van der Waals surface area contributed by atoms with Crippen molar-refractivity contribution in [1.82, 2.24) is 19.7 Å². The van der Waals surface area contributed by atoms with Crippen LogP contribution in [0.3, 0.4) is 0 Å². The molecule has 0 bridgehead atoms. The van der Waals surface area contributed by atoms with Gasteiger partial charge in [-0.05, 0) is 12.8 Å². The Morgan fingerprint density at radius 3 is 2.73 bits per heavy atom. The SMILES string of the molecule is COC1(CN2CCOC(c3nncn3C)C2)CCCCCC1. The van der Waals surface area contributed by atoms with Gasteiger partial charge in [-0.3, -0.25) is 4.90 Å². The van der Waals surface area contributed by atoms with Gasteiger partial charge in [0.05, 0.1) is 12.2 Å². The summed E-state index contributed by atoms with van der Waals surface area (Å²) in [5.41, 5.74) is 0.0261. The largest absolute Gasteiger partial charge is 0.377 e. The molecule has 0 aromatic carbocycles. The average molecular weight is 308 g/mol. The molecule has 1 aromatic heterocycles. The first kappa shape index (κ1) is 15.9. The monoisotopic (exact) mass is 308 g/mol. The molecule has 0 N–H and O–H groups in total. The fraction of sp³-hybridized carbons (Fsp3) is 0.875. The Morgan fingerprint density at radius 2 is 2.09 bits per heavy atom. The molecule has 0 amide bonds. The van der Waals surface area contributed by atoms with E-state index in [1.807, 2.05) is 18.7 Å². The lowest BCUT2D eigenvalue weighted by Crippen LogP contribution is -2.49. The number of ether oxygens (including phenoxy) is 2. The van der Waals surface area contributed by atoms with E-state index in [4.69, 9.17) is 9.47 Å². The Balaban J connectivity index is 1.65. The second-order valence-electron chi connectivity index (χ2n) is 6.70. The molecule has 2 aliphatic rings. The molecule has 1 unspecified atom stereocenters. The van der Waals surface area contributed by atoms with Crippen molar-refractivity contribution in [2.24, 2.45) is 7.05 Å². The molecular formula is C16H28N4O2. The lowest BCUT2D eigenvalue weighted by atomic mass is 9.93. The normalized spacial score (nSPS) is 26.7. The molecule has 2 fully saturated rings. The van der Waals surface area contributed by atoms with E-state index in [-0.39, 0.29) is 11.7 Å². The molecule has 0 radical (unpaired) electrons. The zero-order valence-electron chi connectivity index (χ0n) is 13.8. The molecule has 1 aliphatic carbocycles. The molecule has 1 saturated heterocycles. The second-order valence-corrected chi connectivity index (χ2v) is 6.70. The van der Waals surface area contributed by atoms with Gasteiger partial charge in [0.15, 0.2) is 5.82 Å². The van der Waals surface area contributed by atoms with Crippen molar-refractivity contribution in [1.29, 1.82) is 0 Å². The topological polar surface area (TPSA) is 52.4 Å². The molecule has 3 rings (SSSR count). The lowest BCUT2D eigenvalue weighted by molar-refractivity contribution is -0.0882. The summed E-state index contributed by atoms with van der Waals surface area (Å²) in [5.74, 6) is 0.914. The number of hydrogen-bond donors (Lipinski definition) is 0. The summed E-state index contributed by atoms with van der Waals surface area (Å²) in [6.45, 7) is 3.59. The van der Waals surface area contributed by atoms with Gasteiger partial charge in [-0.25, -0.2) is 0 Å². The van der Waals surface area contributed by atoms with E-state index in [0.29, 0.717) is 0 Å². The average Bonchev–Trinajstić information content (AvgIpc) is 2.83. The number of hydrogen-bond acceptors (Lipinski definition) is 5. The molecule has 0 spiro atoms. The summed E-state index contributed by atoms with van der Waals surface area (Å²) in [5, 5.41) is 8.17. The minimum atomic E-state index is 0.0148. The van der Waals surface area contributed by atoms with Crippen molar-refractivity contribution < 1.29 is 9.47 Å². The lowest BCUT2D eigenvalue weighted by Gasteiger charge is -2.40. The molecular weight excluding hydrogens is 280 g/mol. The Morgan fingerprint density at radius 1 is 1.32 bits per heavy atom. The predicted octanol–water partition coefficient (Wildman–Crippen LogP) is 1.93. The fourth-order valence-electron chi connectivity index (χ4n) is 3.79. The van der Waals surface area contributed by atoms with Crippen LogP contribution in [0.2, 0.25) is 0 Å². The number of methoxy groups -OCH3 is 1. The third-order valence-electron chi connectivity index (χ3n) is 5.14. The fourth-order valence-corrected chi connectivity index (χ4v) is 3.79. The first-order valence-corrected chi connectivity index (χ1v) is 8.45. The van der Waals surface area contributed by atoms with Crippen LogP contribution in [0.25, 0.3) is 0 Å². The predicted molar refractivity (Wildman–Crippen MR) is 83.6 cm³/mol. The summed E-state index contributed by atoms with van der Waals surface area (Å²) < 4.78 is 13.9. The van der Waals surface area contributed by atoms with Crippen LogP contribution >= 0.6 is 0 Å². The van der Waals surface area contributed by atoms with Crippen LogP contribution in [-0.4, -0.2) is 58.6 Å². The second kappa shape index (κ2) is 7.06. The van der Waals surface area contributed by atoms with E-state index < -0.39 is 0 Å². The van der Waals surface area contributed by atoms with Crippen molar-refractivity contribution in [3.63, 3.8) is 0 Å². The van der Waals surface area contributed by atoms with E-state index in [0.717, 1.165) is 32.1 Å². The van der Waals surface area contributed by atoms with Gasteiger partial charge in [0.2, 0.25) is 0 Å². The molecule has 124 valence electrons. The van der Waals surface area contributed by atoms with Crippen LogP contribution in [0.4, 0.5) is 0 Å². The Bertz CT molecular complexity index is 468. The van der Waals surface area contributed by atoms with Gasteiger partial charge >= 0.3 is 0 Å². The van der Waals surface area contributed by atoms with Crippen molar-refractivity contribution in [2.75, 3.05) is 33.4 Å². The van der Waals surface area contributed by atoms with Crippen molar-refractivity contribution in [3.8, 4) is 0 Å². The zero-order chi connectivity index (χ0) is 15.4. The number of morpholine rings is 1. The molecule has 1 aromatic rings. The Labute approximate surface area is 132 Å². The van der Waals surface area contributed by atoms with E-state index in [2.05, 4.69) is 15.1 Å². The van der Waals surface area contributed by atoms with Crippen LogP contribution in [0, 0.1) is 0 Å². The van der Waals surface area contributed by atoms with Gasteiger partial charge in [-0.2, -0.15) is 0 Å². The molecule has 1 aliphatic heterocycles. The van der Waals surface area contributed by atoms with E-state index in [1.165, 1.54) is 38.5 Å². The molecule has 1 saturated carbocycles. The van der Waals surface area contributed by atoms with Crippen molar-refractivity contribution in [3.05, 3.63) is 12.2 Å². The van der Waals surface area contributed by atoms with Crippen LogP contribution in [0.1, 0.15) is 50.5 Å². The van der Waals surface area contributed by atoms with E-state index in [1.54, 1.807) is 6.33 Å². The first-order valence-electron chi connectivity index (χ1n) is 8.45. The first-order chi connectivity index (χ1) is 10.7. The van der Waals surface area contributed by atoms with Gasteiger partial charge < -0.3 is 14.0 Å². The summed E-state index contributed by atoms with van der Waals surface area (Å²) >= 11 is 0. The number of nitrogens with zero attached hydrogens (tertiary/aromatic N) is 4. The van der Waals surface area contributed by atoms with Crippen molar-refractivity contribution >= 4 is 0 Å². The minimum Gasteiger partial charge on any atom is -0.377 e. The van der Waals surface area contributed by atoms with Gasteiger partial charge in [-0.15, -0.1) is 10.2 Å². The summed E-state index contributed by atoms with van der Waals surface area (Å²) in [4.78, 5) is 2.48. The van der Waals surface area contributed by atoms with Crippen LogP contribution < -0.4 is 0 Å². The quantitative estimate of drug-likeness (QED) is 0.796. The number of aryl methyl sites for hydroxylation is 1. The van der Waals surface area contributed by atoms with Gasteiger partial charge in [0.25, 0.3) is 0 Å². The number of aromatic nitrogens is 3. The van der Waals surface area contributed by atoms with Crippen LogP contribution in [0.15, 0.2) is 6.33 Å². The highest BCUT2D eigenvalue weighted by Gasteiger charge is 2.35. The third kappa shape index (κ3) is 3.50. The van der Waals surface area contributed by atoms with Crippen LogP contribution in [0.5, 0.6) is 0 Å². The molecule has 6 heteroatoms. The third-order valence-corrected chi connectivity index (χ3v) is 5.14. The maximum atomic E-state index is 6.00. The number of rotatable bonds is 4. The smallest absolute Gasteiger partial charge is 0.163 e. The summed E-state index contributed by atoms with van der Waals surface area (Å²) in [7, 11) is 3.85. The maximum absolute atomic E-state index is 6.00. The summed E-state index contributed by atoms with van der Waals surface area (Å²) in [6, 6.07) is 0. The van der Waals surface area contributed by atoms with E-state index >= 15 is 0 Å². The highest BCUT2D eigenvalue weighted by atomic mass is 16.5. The Kier molecular flexibility index (Phi) is 5.10. The van der Waals surface area contributed by atoms with Gasteiger partial charge in [-0.1, -0.05) is 25.7 Å². The maximum Gasteiger partial charge on any atom is 0.163 e. The Hall–Kier alpha value is -0.980. The highest BCUT2D eigenvalue weighted by molar-refractivity contribution is 4.95. The molecule has 22 heavy (non-hydrogen) atoms. The van der Waals surface area contributed by atoms with Gasteiger partial charge in [0.1, 0.15) is 12.4 Å². The molecule has 1 atom stereocenters. The molecule has 6 nitrogen and oxygen atoms in total. The van der Waals surface area contributed by atoms with Crippen molar-refractivity contribution in [2.45, 2.75) is 50.2 Å². The highest BCUT2D eigenvalue weighted by Crippen LogP contribution is 2.32. The van der Waals surface area contributed by atoms with Crippen LogP contribution in [-0.2, 0) is 16.5 Å². The summed E-state index contributed by atoms with van der Waals surface area (Å²) in [6.07, 6.45) is 9.35. The standard InChI is InChI=1S/C16H28N4O2/c1-19-13-17-18-15(19)14-11-20(9-10-22-14)12-16(21-2)7-5-3-4-6-8-16/h13-14H,3-12H2,1-2H3. The molecule has 2 heterocycles. The minimum absolute atomic E-state index is 0.0148. The van der Waals surface area contributed by atoms with Gasteiger partial charge in [0, 0.05) is 33.8 Å². The van der Waals surface area contributed by atoms with E-state index in [9.17, 15) is 0 Å².